The Morgan fingerprint density at radius 3 is 2.37 bits per heavy atom. The number of carbonyl (C=O) groups excluding carboxylic acids is 1. The molecule has 1 aromatic rings. The molecule has 8 nitrogen and oxygen atoms in total. The molecule has 12 heteroatoms. The summed E-state index contributed by atoms with van der Waals surface area (Å²) in [5.74, 6) is -1.29. The van der Waals surface area contributed by atoms with Gasteiger partial charge in [0.15, 0.2) is 0 Å². The van der Waals surface area contributed by atoms with Crippen LogP contribution in [0.4, 0.5) is 13.2 Å². The van der Waals surface area contributed by atoms with Gasteiger partial charge in [0.2, 0.25) is 6.61 Å². The van der Waals surface area contributed by atoms with Crippen molar-refractivity contribution in [3.8, 4) is 5.75 Å². The predicted octanol–water partition coefficient (Wildman–Crippen LogP) is 1.95. The molecule has 0 saturated heterocycles. The van der Waals surface area contributed by atoms with Crippen molar-refractivity contribution >= 4 is 21.9 Å². The van der Waals surface area contributed by atoms with E-state index in [4.69, 9.17) is 10.6 Å². The zero-order valence-electron chi connectivity index (χ0n) is 14.5. The van der Waals surface area contributed by atoms with Gasteiger partial charge in [-0.05, 0) is 31.0 Å². The van der Waals surface area contributed by atoms with Gasteiger partial charge in [0.1, 0.15) is 11.6 Å². The largest absolute Gasteiger partial charge is 0.534 e. The fourth-order valence-corrected chi connectivity index (χ4v) is 2.22. The summed E-state index contributed by atoms with van der Waals surface area (Å²) >= 11 is 0. The van der Waals surface area contributed by atoms with Crippen LogP contribution >= 0.6 is 0 Å². The average molecular weight is 412 g/mol. The first-order valence-corrected chi connectivity index (χ1v) is 9.07. The molecule has 0 aliphatic carbocycles. The summed E-state index contributed by atoms with van der Waals surface area (Å²) in [4.78, 5) is 15.9. The topological polar surface area (TPSA) is 117 Å². The smallest absolute Gasteiger partial charge is 0.463 e. The van der Waals surface area contributed by atoms with Gasteiger partial charge in [0.05, 0.1) is 6.61 Å². The maximum Gasteiger partial charge on any atom is 0.534 e. The fourth-order valence-electron chi connectivity index (χ4n) is 1.77. The number of nitrogens with zero attached hydrogens (tertiary/aromatic N) is 1. The minimum Gasteiger partial charge on any atom is -0.463 e. The first-order chi connectivity index (χ1) is 12.5. The molecule has 2 N–H and O–H groups in total. The number of nitrogens with two attached hydrogens (primary N) is 1. The maximum atomic E-state index is 12.3. The zero-order chi connectivity index (χ0) is 20.7. The number of halogens is 3. The van der Waals surface area contributed by atoms with Crippen LogP contribution in [-0.2, 0) is 30.9 Å². The molecule has 0 saturated carbocycles. The van der Waals surface area contributed by atoms with E-state index in [9.17, 15) is 26.4 Å². The van der Waals surface area contributed by atoms with Crippen molar-refractivity contribution in [3.63, 3.8) is 0 Å². The van der Waals surface area contributed by atoms with Crippen molar-refractivity contribution in [2.24, 2.45) is 16.8 Å². The van der Waals surface area contributed by atoms with Gasteiger partial charge in [-0.25, -0.2) is 4.79 Å². The molecule has 152 valence electrons. The van der Waals surface area contributed by atoms with E-state index < -0.39 is 27.3 Å². The van der Waals surface area contributed by atoms with E-state index in [0.717, 1.165) is 12.1 Å². The Kier molecular flexibility index (Phi) is 7.88. The van der Waals surface area contributed by atoms with E-state index in [0.29, 0.717) is 12.0 Å². The zero-order valence-corrected chi connectivity index (χ0v) is 15.3. The Balaban J connectivity index is 2.63. The van der Waals surface area contributed by atoms with Crippen molar-refractivity contribution in [2.75, 3.05) is 13.2 Å². The van der Waals surface area contributed by atoms with Crippen LogP contribution in [0.1, 0.15) is 19.4 Å². The van der Waals surface area contributed by atoms with Crippen LogP contribution in [0.15, 0.2) is 29.4 Å². The lowest BCUT2D eigenvalue weighted by Crippen LogP contribution is -2.28. The number of hydrogen-bond acceptors (Lipinski definition) is 7. The van der Waals surface area contributed by atoms with Gasteiger partial charge in [-0.15, -0.1) is 0 Å². The Morgan fingerprint density at radius 1 is 1.26 bits per heavy atom. The molecular weight excluding hydrogens is 393 g/mol. The van der Waals surface area contributed by atoms with Crippen molar-refractivity contribution in [1.82, 2.24) is 0 Å². The Labute approximate surface area is 154 Å². The average Bonchev–Trinajstić information content (AvgIpc) is 2.55. The number of alkyl halides is 3. The SMILES string of the molecule is CCOC(=O)CO/N=C(\N)[C@@H](C)Cc1ccc(OS(=O)(=O)C(F)(F)F)cc1. The van der Waals surface area contributed by atoms with Crippen LogP contribution in [0.5, 0.6) is 5.75 Å². The van der Waals surface area contributed by atoms with E-state index >= 15 is 0 Å². The summed E-state index contributed by atoms with van der Waals surface area (Å²) in [6, 6.07) is 4.97. The lowest BCUT2D eigenvalue weighted by atomic mass is 10.0. The third-order valence-electron chi connectivity index (χ3n) is 3.12. The molecule has 0 bridgehead atoms. The molecule has 1 rings (SSSR count). The highest BCUT2D eigenvalue weighted by Crippen LogP contribution is 2.27. The second-order valence-corrected chi connectivity index (χ2v) is 6.86. The van der Waals surface area contributed by atoms with Crippen LogP contribution in [0.2, 0.25) is 0 Å². The highest BCUT2D eigenvalue weighted by atomic mass is 32.2. The van der Waals surface area contributed by atoms with E-state index in [1.807, 2.05) is 0 Å². The summed E-state index contributed by atoms with van der Waals surface area (Å²) in [6.07, 6.45) is 0.338. The fraction of sp³-hybridized carbons (Fsp3) is 0.467. The van der Waals surface area contributed by atoms with Gasteiger partial charge in [-0.1, -0.05) is 24.2 Å². The lowest BCUT2D eigenvalue weighted by Gasteiger charge is -2.12. The van der Waals surface area contributed by atoms with Crippen LogP contribution in [0, 0.1) is 5.92 Å². The van der Waals surface area contributed by atoms with Crippen molar-refractivity contribution in [2.45, 2.75) is 25.8 Å². The van der Waals surface area contributed by atoms with E-state index in [1.165, 1.54) is 12.1 Å². The molecule has 0 spiro atoms. The van der Waals surface area contributed by atoms with Gasteiger partial charge >= 0.3 is 21.6 Å². The molecule has 1 aromatic carbocycles. The van der Waals surface area contributed by atoms with Crippen LogP contribution in [0.3, 0.4) is 0 Å². The molecule has 0 aliphatic rings. The third kappa shape index (κ3) is 7.33. The van der Waals surface area contributed by atoms with Gasteiger partial charge in [0, 0.05) is 5.92 Å². The summed E-state index contributed by atoms with van der Waals surface area (Å²) in [5, 5.41) is 3.60. The van der Waals surface area contributed by atoms with Gasteiger partial charge < -0.3 is 19.5 Å². The first kappa shape index (κ1) is 22.5. The molecule has 0 aromatic heterocycles. The van der Waals surface area contributed by atoms with Crippen molar-refractivity contribution < 1.29 is 40.1 Å². The number of ether oxygens (including phenoxy) is 1. The van der Waals surface area contributed by atoms with Crippen LogP contribution < -0.4 is 9.92 Å². The summed E-state index contributed by atoms with van der Waals surface area (Å²) in [5.41, 5.74) is 0.866. The lowest BCUT2D eigenvalue weighted by molar-refractivity contribution is -0.148. The second kappa shape index (κ2) is 9.44. The number of rotatable bonds is 9. The molecule has 1 atom stereocenters. The number of amidine groups is 1. The molecule has 0 fully saturated rings. The maximum absolute atomic E-state index is 12.3. The normalized spacial score (nSPS) is 13.7. The van der Waals surface area contributed by atoms with Crippen LogP contribution in [0.25, 0.3) is 0 Å². The van der Waals surface area contributed by atoms with E-state index in [2.05, 4.69) is 14.1 Å². The van der Waals surface area contributed by atoms with E-state index in [1.54, 1.807) is 13.8 Å². The van der Waals surface area contributed by atoms with E-state index in [-0.39, 0.29) is 25.0 Å². The van der Waals surface area contributed by atoms with Crippen molar-refractivity contribution in [1.29, 1.82) is 0 Å². The molecule has 0 unspecified atom stereocenters. The highest BCUT2D eigenvalue weighted by Gasteiger charge is 2.48. The molecule has 27 heavy (non-hydrogen) atoms. The summed E-state index contributed by atoms with van der Waals surface area (Å²) < 4.78 is 67.3. The minimum absolute atomic E-state index is 0.0966. The molecule has 0 amide bonds. The van der Waals surface area contributed by atoms with Gasteiger partial charge in [0.25, 0.3) is 0 Å². The molecular formula is C15H19F3N2O6S. The highest BCUT2D eigenvalue weighted by molar-refractivity contribution is 7.88. The number of benzene rings is 1. The Bertz CT molecular complexity index is 763. The van der Waals surface area contributed by atoms with Crippen LogP contribution in [-0.4, -0.2) is 38.9 Å². The minimum atomic E-state index is -5.72. The number of oxime groups is 1. The van der Waals surface area contributed by atoms with Gasteiger partial charge in [-0.3, -0.25) is 0 Å². The Morgan fingerprint density at radius 2 is 1.85 bits per heavy atom. The summed E-state index contributed by atoms with van der Waals surface area (Å²) in [7, 11) is -5.72. The number of hydrogen-bond donors (Lipinski definition) is 1. The molecule has 0 aliphatic heterocycles. The predicted molar refractivity (Wildman–Crippen MR) is 89.1 cm³/mol. The Hall–Kier alpha value is -2.50. The second-order valence-electron chi connectivity index (χ2n) is 5.33. The molecule has 0 heterocycles. The monoisotopic (exact) mass is 412 g/mol. The first-order valence-electron chi connectivity index (χ1n) is 7.67. The standard InChI is InChI=1S/C15H19F3N2O6S/c1-3-24-13(21)9-25-20-14(19)10(2)8-11-4-6-12(7-5-11)26-27(22,23)15(16,17)18/h4-7,10H,3,8-9H2,1-2H3,(H2,19,20)/t10-/m0/s1. The third-order valence-corrected chi connectivity index (χ3v) is 4.10. The number of carbonyl (C=O) groups is 1. The summed E-state index contributed by atoms with van der Waals surface area (Å²) in [6.45, 7) is 3.18. The quantitative estimate of drug-likeness (QED) is 0.164. The van der Waals surface area contributed by atoms with Gasteiger partial charge in [-0.2, -0.15) is 21.6 Å². The molecule has 0 radical (unpaired) electrons. The number of esters is 1. The van der Waals surface area contributed by atoms with Crippen molar-refractivity contribution in [3.05, 3.63) is 29.8 Å².